The van der Waals surface area contributed by atoms with E-state index in [1.54, 1.807) is 12.1 Å². The fourth-order valence-electron chi connectivity index (χ4n) is 2.15. The molecule has 1 heterocycles. The molecule has 0 aliphatic heterocycles. The number of hydrogen-bond donors (Lipinski definition) is 2. The van der Waals surface area contributed by atoms with Crippen molar-refractivity contribution < 1.29 is 19.4 Å². The first-order valence-corrected chi connectivity index (χ1v) is 8.22. The van der Waals surface area contributed by atoms with E-state index in [1.807, 2.05) is 48.5 Å². The number of aromatic carboxylic acids is 1. The second-order valence-electron chi connectivity index (χ2n) is 5.05. The third-order valence-corrected chi connectivity index (χ3v) is 4.31. The van der Waals surface area contributed by atoms with Gasteiger partial charge in [0, 0.05) is 0 Å². The number of carbonyl (C=O) groups is 2. The van der Waals surface area contributed by atoms with Crippen LogP contribution in [0.15, 0.2) is 60.7 Å². The molecule has 1 amide bonds. The number of aromatic nitrogens is 1. The highest BCUT2D eigenvalue weighted by Crippen LogP contribution is 2.33. The quantitative estimate of drug-likeness (QED) is 0.715. The van der Waals surface area contributed by atoms with Crippen LogP contribution in [0, 0.1) is 0 Å². The van der Waals surface area contributed by atoms with E-state index >= 15 is 0 Å². The minimum atomic E-state index is -1.15. The number of anilines is 1. The Hall–Kier alpha value is -3.19. The third kappa shape index (κ3) is 4.21. The lowest BCUT2D eigenvalue weighted by molar-refractivity contribution is 0.0692. The molecule has 0 aliphatic rings. The summed E-state index contributed by atoms with van der Waals surface area (Å²) in [4.78, 5) is 27.8. The van der Waals surface area contributed by atoms with E-state index < -0.39 is 12.1 Å². The summed E-state index contributed by atoms with van der Waals surface area (Å²) in [6.45, 7) is 0.120. The van der Waals surface area contributed by atoms with Gasteiger partial charge in [0.2, 0.25) is 0 Å². The summed E-state index contributed by atoms with van der Waals surface area (Å²) in [7, 11) is 0. The van der Waals surface area contributed by atoms with Gasteiger partial charge in [-0.25, -0.2) is 14.6 Å². The lowest BCUT2D eigenvalue weighted by atomic mass is 10.1. The van der Waals surface area contributed by atoms with Crippen LogP contribution < -0.4 is 5.32 Å². The first-order valence-electron chi connectivity index (χ1n) is 7.41. The molecule has 0 fully saturated rings. The van der Waals surface area contributed by atoms with E-state index in [2.05, 4.69) is 10.3 Å². The van der Waals surface area contributed by atoms with Crippen molar-refractivity contribution in [2.24, 2.45) is 0 Å². The summed E-state index contributed by atoms with van der Waals surface area (Å²) < 4.78 is 5.12. The minimum absolute atomic E-state index is 0.102. The molecule has 3 aromatic rings. The van der Waals surface area contributed by atoms with Gasteiger partial charge in [-0.15, -0.1) is 0 Å². The fraction of sp³-hybridized carbons (Fsp3) is 0.0556. The number of nitrogens with one attached hydrogen (secondary N) is 1. The van der Waals surface area contributed by atoms with Gasteiger partial charge < -0.3 is 9.84 Å². The van der Waals surface area contributed by atoms with E-state index in [4.69, 9.17) is 4.74 Å². The Labute approximate surface area is 147 Å². The fourth-order valence-corrected chi connectivity index (χ4v) is 3.10. The highest BCUT2D eigenvalue weighted by molar-refractivity contribution is 7.19. The van der Waals surface area contributed by atoms with Gasteiger partial charge >= 0.3 is 12.1 Å². The maximum atomic E-state index is 11.9. The number of hydrogen-bond acceptors (Lipinski definition) is 5. The zero-order valence-electron chi connectivity index (χ0n) is 13.0. The van der Waals surface area contributed by atoms with Crippen LogP contribution in [0.4, 0.5) is 9.93 Å². The van der Waals surface area contributed by atoms with E-state index in [1.165, 1.54) is 0 Å². The van der Waals surface area contributed by atoms with Crippen LogP contribution in [0.5, 0.6) is 0 Å². The van der Waals surface area contributed by atoms with Gasteiger partial charge in [0.05, 0.1) is 4.88 Å². The molecule has 7 heteroatoms. The molecular weight excluding hydrogens is 340 g/mol. The highest BCUT2D eigenvalue weighted by atomic mass is 32.1. The van der Waals surface area contributed by atoms with Crippen molar-refractivity contribution >= 4 is 28.5 Å². The monoisotopic (exact) mass is 354 g/mol. The standard InChI is InChI=1S/C18H14N2O4S/c21-16(22)14-15(13-9-5-2-6-10-13)25-17(19-14)20-18(23)24-11-12-7-3-1-4-8-12/h1-10H,11H2,(H,21,22)(H,19,20,23). The van der Waals surface area contributed by atoms with Gasteiger partial charge in [0.25, 0.3) is 0 Å². The second kappa shape index (κ2) is 7.59. The number of carbonyl (C=O) groups excluding carboxylic acids is 1. The zero-order chi connectivity index (χ0) is 17.6. The average molecular weight is 354 g/mol. The Morgan fingerprint density at radius 3 is 2.32 bits per heavy atom. The normalized spacial score (nSPS) is 10.2. The number of amides is 1. The molecule has 126 valence electrons. The number of thiazole rings is 1. The first-order chi connectivity index (χ1) is 12.1. The molecule has 0 saturated carbocycles. The predicted molar refractivity (Wildman–Crippen MR) is 94.8 cm³/mol. The molecule has 0 saturated heterocycles. The van der Waals surface area contributed by atoms with Gasteiger partial charge in [-0.3, -0.25) is 5.32 Å². The molecule has 0 radical (unpaired) electrons. The van der Waals surface area contributed by atoms with Crippen LogP contribution in [-0.4, -0.2) is 22.2 Å². The summed E-state index contributed by atoms with van der Waals surface area (Å²) in [5, 5.41) is 12.0. The number of carboxylic acids is 1. The number of benzene rings is 2. The Balaban J connectivity index is 1.72. The molecule has 25 heavy (non-hydrogen) atoms. The maximum absolute atomic E-state index is 11.9. The summed E-state index contributed by atoms with van der Waals surface area (Å²) in [5.74, 6) is -1.15. The SMILES string of the molecule is O=C(Nc1nc(C(=O)O)c(-c2ccccc2)s1)OCc1ccccc1. The van der Waals surface area contributed by atoms with Gasteiger partial charge in [-0.2, -0.15) is 0 Å². The molecule has 0 bridgehead atoms. The summed E-state index contributed by atoms with van der Waals surface area (Å²) in [6.07, 6.45) is -0.686. The van der Waals surface area contributed by atoms with Gasteiger partial charge in [-0.05, 0) is 11.1 Å². The van der Waals surface area contributed by atoms with Crippen molar-refractivity contribution in [3.63, 3.8) is 0 Å². The van der Waals surface area contributed by atoms with Crippen molar-refractivity contribution in [2.45, 2.75) is 6.61 Å². The highest BCUT2D eigenvalue weighted by Gasteiger charge is 2.20. The predicted octanol–water partition coefficient (Wildman–Crippen LogP) is 4.26. The molecule has 0 unspecified atom stereocenters. The molecule has 6 nitrogen and oxygen atoms in total. The topological polar surface area (TPSA) is 88.5 Å². The number of nitrogens with zero attached hydrogens (tertiary/aromatic N) is 1. The second-order valence-corrected chi connectivity index (χ2v) is 6.05. The third-order valence-electron chi connectivity index (χ3n) is 3.29. The minimum Gasteiger partial charge on any atom is -0.476 e. The van der Waals surface area contributed by atoms with Crippen molar-refractivity contribution in [1.82, 2.24) is 4.98 Å². The van der Waals surface area contributed by atoms with E-state index in [9.17, 15) is 14.7 Å². The summed E-state index contributed by atoms with van der Waals surface area (Å²) in [6, 6.07) is 18.3. The zero-order valence-corrected chi connectivity index (χ0v) is 13.8. The van der Waals surface area contributed by atoms with Crippen molar-refractivity contribution in [3.05, 3.63) is 71.9 Å². The van der Waals surface area contributed by atoms with Crippen LogP contribution in [0.3, 0.4) is 0 Å². The largest absolute Gasteiger partial charge is 0.476 e. The van der Waals surface area contributed by atoms with E-state index in [-0.39, 0.29) is 17.4 Å². The number of carboxylic acid groups (broad SMARTS) is 1. The van der Waals surface area contributed by atoms with E-state index in [0.29, 0.717) is 4.88 Å². The Bertz CT molecular complexity index is 879. The molecule has 0 atom stereocenters. The molecule has 2 N–H and O–H groups in total. The van der Waals surface area contributed by atoms with Crippen molar-refractivity contribution in [3.8, 4) is 10.4 Å². The average Bonchev–Trinajstić information content (AvgIpc) is 3.06. The summed E-state index contributed by atoms with van der Waals surface area (Å²) >= 11 is 1.09. The molecule has 0 spiro atoms. The number of ether oxygens (including phenoxy) is 1. The molecular formula is C18H14N2O4S. The number of rotatable bonds is 5. The van der Waals surface area contributed by atoms with Crippen LogP contribution >= 0.6 is 11.3 Å². The Kier molecular flexibility index (Phi) is 5.06. The van der Waals surface area contributed by atoms with Gasteiger partial charge in [-0.1, -0.05) is 72.0 Å². The molecule has 0 aliphatic carbocycles. The lowest BCUT2D eigenvalue weighted by Crippen LogP contribution is -2.13. The van der Waals surface area contributed by atoms with Crippen LogP contribution in [0.1, 0.15) is 16.1 Å². The van der Waals surface area contributed by atoms with Crippen LogP contribution in [0.25, 0.3) is 10.4 Å². The molecule has 2 aromatic carbocycles. The lowest BCUT2D eigenvalue weighted by Gasteiger charge is -2.04. The van der Waals surface area contributed by atoms with Crippen molar-refractivity contribution in [1.29, 1.82) is 0 Å². The molecule has 1 aromatic heterocycles. The molecule has 3 rings (SSSR count). The first kappa shape index (κ1) is 16.7. The van der Waals surface area contributed by atoms with Gasteiger partial charge in [0.1, 0.15) is 6.61 Å². The smallest absolute Gasteiger partial charge is 0.413 e. The van der Waals surface area contributed by atoms with E-state index in [0.717, 1.165) is 22.5 Å². The van der Waals surface area contributed by atoms with Gasteiger partial charge in [0.15, 0.2) is 10.8 Å². The van der Waals surface area contributed by atoms with Crippen LogP contribution in [0.2, 0.25) is 0 Å². The Morgan fingerprint density at radius 1 is 1.04 bits per heavy atom. The summed E-state index contributed by atoms with van der Waals surface area (Å²) in [5.41, 5.74) is 1.48. The van der Waals surface area contributed by atoms with Crippen LogP contribution in [-0.2, 0) is 11.3 Å². The maximum Gasteiger partial charge on any atom is 0.413 e. The Morgan fingerprint density at radius 2 is 1.68 bits per heavy atom. The van der Waals surface area contributed by atoms with Crippen molar-refractivity contribution in [2.75, 3.05) is 5.32 Å².